The maximum atomic E-state index is 13.9. The second kappa shape index (κ2) is 7.03. The van der Waals surface area contributed by atoms with Crippen LogP contribution in [0.25, 0.3) is 11.0 Å². The molecule has 0 aliphatic carbocycles. The molecule has 0 unspecified atom stereocenters. The lowest BCUT2D eigenvalue weighted by Crippen LogP contribution is -2.16. The van der Waals surface area contributed by atoms with E-state index in [9.17, 15) is 4.39 Å². The molecule has 1 N–H and O–H groups in total. The van der Waals surface area contributed by atoms with E-state index < -0.39 is 0 Å². The zero-order valence-corrected chi connectivity index (χ0v) is 17.4. The second-order valence-electron chi connectivity index (χ2n) is 7.19. The topological polar surface area (TPSA) is 42.7 Å². The van der Waals surface area contributed by atoms with Crippen molar-refractivity contribution < 1.29 is 4.39 Å². The molecule has 0 fully saturated rings. The quantitative estimate of drug-likeness (QED) is 0.528. The summed E-state index contributed by atoms with van der Waals surface area (Å²) in [5.74, 6) is -0.232. The summed E-state index contributed by atoms with van der Waals surface area (Å²) in [4.78, 5) is 0. The van der Waals surface area contributed by atoms with Gasteiger partial charge in [-0.05, 0) is 51.7 Å². The summed E-state index contributed by atoms with van der Waals surface area (Å²) in [5.41, 5.74) is 3.33. The molecule has 1 heterocycles. The maximum Gasteiger partial charge on any atom is 0.129 e. The molecule has 25 heavy (non-hydrogen) atoms. The van der Waals surface area contributed by atoms with Crippen LogP contribution in [-0.2, 0) is 13.1 Å². The predicted octanol–water partition coefficient (Wildman–Crippen LogP) is 5.75. The Labute approximate surface area is 163 Å². The van der Waals surface area contributed by atoms with Gasteiger partial charge in [-0.1, -0.05) is 41.9 Å². The van der Waals surface area contributed by atoms with Crippen LogP contribution in [0.4, 0.5) is 10.1 Å². The molecule has 132 valence electrons. The van der Waals surface area contributed by atoms with Crippen molar-refractivity contribution in [2.45, 2.75) is 33.9 Å². The van der Waals surface area contributed by atoms with Gasteiger partial charge < -0.3 is 5.32 Å². The van der Waals surface area contributed by atoms with Crippen LogP contribution in [0.15, 0.2) is 39.3 Å². The largest absolute Gasteiger partial charge is 0.380 e. The number of anilines is 1. The first-order chi connectivity index (χ1) is 11.7. The lowest BCUT2D eigenvalue weighted by molar-refractivity contribution is 0.327. The molecule has 0 saturated carbocycles. The van der Waals surface area contributed by atoms with E-state index in [2.05, 4.69) is 68.3 Å². The first-order valence-electron chi connectivity index (χ1n) is 7.94. The van der Waals surface area contributed by atoms with Gasteiger partial charge in [0.05, 0.1) is 15.7 Å². The van der Waals surface area contributed by atoms with Crippen LogP contribution in [0.5, 0.6) is 0 Å². The van der Waals surface area contributed by atoms with Gasteiger partial charge in [0.15, 0.2) is 0 Å². The molecule has 0 aliphatic heterocycles. The minimum absolute atomic E-state index is 0.113. The molecular weight excluding hydrogens is 451 g/mol. The van der Waals surface area contributed by atoms with E-state index >= 15 is 0 Å². The van der Waals surface area contributed by atoms with Crippen LogP contribution >= 0.6 is 31.9 Å². The molecule has 0 bridgehead atoms. The Morgan fingerprint density at radius 3 is 2.64 bits per heavy atom. The standard InChI is InChI=1S/C18H19Br2FN4/c1-18(2,3)10-25-15-7-6-14(16(20)17(15)23-24-25)22-9-11-8-12(19)4-5-13(11)21/h4-8,22H,9-10H2,1-3H3. The molecule has 0 spiro atoms. The minimum Gasteiger partial charge on any atom is -0.380 e. The maximum absolute atomic E-state index is 13.9. The van der Waals surface area contributed by atoms with E-state index in [0.717, 1.165) is 32.2 Å². The second-order valence-corrected chi connectivity index (χ2v) is 8.90. The summed E-state index contributed by atoms with van der Waals surface area (Å²) >= 11 is 6.97. The normalized spacial score (nSPS) is 11.9. The lowest BCUT2D eigenvalue weighted by Gasteiger charge is -2.18. The van der Waals surface area contributed by atoms with Gasteiger partial charge in [0.25, 0.3) is 0 Å². The van der Waals surface area contributed by atoms with Crippen LogP contribution in [0.2, 0.25) is 0 Å². The SMILES string of the molecule is CC(C)(C)Cn1nnc2c(Br)c(NCc3cc(Br)ccc3F)ccc21. The first-order valence-corrected chi connectivity index (χ1v) is 9.53. The number of hydrogen-bond acceptors (Lipinski definition) is 3. The van der Waals surface area contributed by atoms with Crippen LogP contribution in [0.3, 0.4) is 0 Å². The number of rotatable bonds is 4. The minimum atomic E-state index is -0.232. The van der Waals surface area contributed by atoms with Crippen molar-refractivity contribution in [1.82, 2.24) is 15.0 Å². The number of nitrogens with zero attached hydrogens (tertiary/aromatic N) is 3. The van der Waals surface area contributed by atoms with Crippen molar-refractivity contribution in [3.05, 3.63) is 50.7 Å². The highest BCUT2D eigenvalue weighted by Gasteiger charge is 2.17. The van der Waals surface area contributed by atoms with Crippen LogP contribution in [-0.4, -0.2) is 15.0 Å². The third kappa shape index (κ3) is 4.20. The van der Waals surface area contributed by atoms with Crippen molar-refractivity contribution in [2.24, 2.45) is 5.41 Å². The first kappa shape index (κ1) is 18.3. The number of hydrogen-bond donors (Lipinski definition) is 1. The Hall–Kier alpha value is -1.47. The van der Waals surface area contributed by atoms with Gasteiger partial charge in [-0.3, -0.25) is 0 Å². The van der Waals surface area contributed by atoms with Gasteiger partial charge in [-0.2, -0.15) is 0 Å². The fraction of sp³-hybridized carbons (Fsp3) is 0.333. The predicted molar refractivity (Wildman–Crippen MR) is 106 cm³/mol. The van der Waals surface area contributed by atoms with Gasteiger partial charge in [0.2, 0.25) is 0 Å². The Kier molecular flexibility index (Phi) is 5.16. The third-order valence-corrected chi connectivity index (χ3v) is 5.02. The zero-order valence-electron chi connectivity index (χ0n) is 14.3. The number of benzene rings is 2. The van der Waals surface area contributed by atoms with Gasteiger partial charge in [-0.15, -0.1) is 5.10 Å². The molecule has 0 radical (unpaired) electrons. The highest BCUT2D eigenvalue weighted by Crippen LogP contribution is 2.31. The van der Waals surface area contributed by atoms with Gasteiger partial charge in [0, 0.05) is 23.1 Å². The zero-order chi connectivity index (χ0) is 18.2. The fourth-order valence-electron chi connectivity index (χ4n) is 2.58. The van der Waals surface area contributed by atoms with E-state index in [0.29, 0.717) is 12.1 Å². The molecule has 0 saturated heterocycles. The van der Waals surface area contributed by atoms with Crippen molar-refractivity contribution in [3.8, 4) is 0 Å². The fourth-order valence-corrected chi connectivity index (χ4v) is 3.54. The Morgan fingerprint density at radius 2 is 1.92 bits per heavy atom. The summed E-state index contributed by atoms with van der Waals surface area (Å²) in [6.07, 6.45) is 0. The lowest BCUT2D eigenvalue weighted by atomic mass is 9.97. The van der Waals surface area contributed by atoms with E-state index in [4.69, 9.17) is 0 Å². The van der Waals surface area contributed by atoms with Crippen LogP contribution in [0.1, 0.15) is 26.3 Å². The van der Waals surface area contributed by atoms with Crippen molar-refractivity contribution in [2.75, 3.05) is 5.32 Å². The van der Waals surface area contributed by atoms with E-state index in [-0.39, 0.29) is 11.2 Å². The number of fused-ring (bicyclic) bond motifs is 1. The molecule has 3 aromatic rings. The average molecular weight is 470 g/mol. The van der Waals surface area contributed by atoms with Gasteiger partial charge in [0.1, 0.15) is 11.3 Å². The Bertz CT molecular complexity index is 915. The summed E-state index contributed by atoms with van der Waals surface area (Å²) < 4.78 is 17.5. The Morgan fingerprint density at radius 1 is 1.16 bits per heavy atom. The average Bonchev–Trinajstić information content (AvgIpc) is 2.91. The summed E-state index contributed by atoms with van der Waals surface area (Å²) in [6.45, 7) is 7.66. The van der Waals surface area contributed by atoms with E-state index in [1.54, 1.807) is 12.1 Å². The highest BCUT2D eigenvalue weighted by molar-refractivity contribution is 9.11. The molecule has 0 aliphatic rings. The molecule has 1 aromatic heterocycles. The van der Waals surface area contributed by atoms with Crippen molar-refractivity contribution in [1.29, 1.82) is 0 Å². The van der Waals surface area contributed by atoms with Gasteiger partial charge in [-0.25, -0.2) is 9.07 Å². The van der Waals surface area contributed by atoms with E-state index in [1.165, 1.54) is 6.07 Å². The smallest absolute Gasteiger partial charge is 0.129 e. The number of halogens is 3. The molecule has 7 heteroatoms. The number of aromatic nitrogens is 3. The van der Waals surface area contributed by atoms with E-state index in [1.807, 2.05) is 16.8 Å². The van der Waals surface area contributed by atoms with Crippen molar-refractivity contribution >= 4 is 48.6 Å². The van der Waals surface area contributed by atoms with Crippen LogP contribution < -0.4 is 5.32 Å². The summed E-state index contributed by atoms with van der Waals surface area (Å²) in [5, 5.41) is 11.8. The highest BCUT2D eigenvalue weighted by atomic mass is 79.9. The Balaban J connectivity index is 1.86. The molecule has 0 amide bonds. The molecular formula is C18H19Br2FN4. The summed E-state index contributed by atoms with van der Waals surface area (Å²) in [7, 11) is 0. The monoisotopic (exact) mass is 468 g/mol. The number of nitrogens with one attached hydrogen (secondary N) is 1. The van der Waals surface area contributed by atoms with Crippen LogP contribution in [0, 0.1) is 11.2 Å². The van der Waals surface area contributed by atoms with Gasteiger partial charge >= 0.3 is 0 Å². The molecule has 0 atom stereocenters. The molecule has 3 rings (SSSR count). The molecule has 4 nitrogen and oxygen atoms in total. The molecule has 2 aromatic carbocycles. The van der Waals surface area contributed by atoms with Crippen molar-refractivity contribution in [3.63, 3.8) is 0 Å². The summed E-state index contributed by atoms with van der Waals surface area (Å²) in [6, 6.07) is 8.87. The third-order valence-electron chi connectivity index (χ3n) is 3.73.